The number of amides is 1. The number of ether oxygens (including phenoxy) is 1. The fourth-order valence-electron chi connectivity index (χ4n) is 3.99. The van der Waals surface area contributed by atoms with Gasteiger partial charge in [-0.15, -0.1) is 0 Å². The molecule has 0 aliphatic carbocycles. The molecule has 35 heavy (non-hydrogen) atoms. The van der Waals surface area contributed by atoms with E-state index in [0.29, 0.717) is 29.8 Å². The molecule has 0 bridgehead atoms. The number of fused-ring (bicyclic) bond motifs is 1. The Bertz CT molecular complexity index is 1220. The van der Waals surface area contributed by atoms with E-state index in [4.69, 9.17) is 4.74 Å². The van der Waals surface area contributed by atoms with Crippen molar-refractivity contribution in [3.63, 3.8) is 0 Å². The Morgan fingerprint density at radius 3 is 2.26 bits per heavy atom. The number of aromatic nitrogens is 1. The molecule has 0 spiro atoms. The van der Waals surface area contributed by atoms with Gasteiger partial charge in [0, 0.05) is 24.8 Å². The Kier molecular flexibility index (Phi) is 6.48. The summed E-state index contributed by atoms with van der Waals surface area (Å²) in [6.45, 7) is 1.69. The summed E-state index contributed by atoms with van der Waals surface area (Å²) in [5.74, 6) is -0.329. The van der Waals surface area contributed by atoms with Gasteiger partial charge >= 0.3 is 12.4 Å². The molecule has 2 heterocycles. The van der Waals surface area contributed by atoms with Crippen molar-refractivity contribution >= 4 is 5.91 Å². The smallest absolute Gasteiger partial charge is 0.416 e. The number of rotatable bonds is 3. The topological polar surface area (TPSA) is 42.4 Å². The average molecular weight is 494 g/mol. The van der Waals surface area contributed by atoms with Gasteiger partial charge in [-0.2, -0.15) is 26.3 Å². The highest BCUT2D eigenvalue weighted by atomic mass is 19.4. The van der Waals surface area contributed by atoms with Gasteiger partial charge < -0.3 is 9.64 Å². The molecule has 0 atom stereocenters. The summed E-state index contributed by atoms with van der Waals surface area (Å²) < 4.78 is 85.6. The van der Waals surface area contributed by atoms with Crippen LogP contribution in [0.2, 0.25) is 0 Å². The van der Waals surface area contributed by atoms with Crippen molar-refractivity contribution in [2.45, 2.75) is 32.2 Å². The molecule has 0 saturated heterocycles. The van der Waals surface area contributed by atoms with E-state index in [1.807, 2.05) is 19.1 Å². The number of hydrogen-bond donors (Lipinski definition) is 0. The first kappa shape index (κ1) is 24.6. The van der Waals surface area contributed by atoms with Crippen molar-refractivity contribution in [3.8, 4) is 17.0 Å². The summed E-state index contributed by atoms with van der Waals surface area (Å²) in [5.41, 5.74) is -1.17. The van der Waals surface area contributed by atoms with E-state index in [9.17, 15) is 31.1 Å². The van der Waals surface area contributed by atoms with E-state index in [1.165, 1.54) is 17.2 Å². The lowest BCUT2D eigenvalue weighted by Crippen LogP contribution is -2.35. The maximum atomic E-state index is 13.6. The number of benzene rings is 2. The van der Waals surface area contributed by atoms with Crippen LogP contribution in [0.25, 0.3) is 11.3 Å². The Morgan fingerprint density at radius 1 is 0.971 bits per heavy atom. The number of carbonyl (C=O) groups excluding carboxylic acids is 1. The Hall–Kier alpha value is -3.56. The lowest BCUT2D eigenvalue weighted by Gasteiger charge is -2.28. The Morgan fingerprint density at radius 2 is 1.63 bits per heavy atom. The molecule has 3 aromatic rings. The molecular formula is C25H20F6N2O2. The van der Waals surface area contributed by atoms with Gasteiger partial charge in [0.25, 0.3) is 5.91 Å². The van der Waals surface area contributed by atoms with Crippen LogP contribution in [0, 0.1) is 6.92 Å². The average Bonchev–Trinajstić information content (AvgIpc) is 2.78. The number of alkyl halides is 6. The van der Waals surface area contributed by atoms with E-state index in [2.05, 4.69) is 4.98 Å². The molecule has 4 nitrogen and oxygen atoms in total. The third-order valence-electron chi connectivity index (χ3n) is 5.66. The molecule has 1 amide bonds. The van der Waals surface area contributed by atoms with E-state index in [0.717, 1.165) is 5.56 Å². The van der Waals surface area contributed by atoms with Gasteiger partial charge in [-0.05, 0) is 48.7 Å². The van der Waals surface area contributed by atoms with Crippen LogP contribution < -0.4 is 4.74 Å². The first-order valence-electron chi connectivity index (χ1n) is 10.7. The van der Waals surface area contributed by atoms with Crippen LogP contribution in [0.5, 0.6) is 5.75 Å². The SMILES string of the molecule is Cc1ccccc1-c1nccc2c1C(=O)N(Cc1cc(C(F)(F)F)cc(C(F)(F)F)c1)CCCO2. The summed E-state index contributed by atoms with van der Waals surface area (Å²) in [6.07, 6.45) is -8.11. The number of halogens is 6. The van der Waals surface area contributed by atoms with E-state index in [-0.39, 0.29) is 36.1 Å². The Labute approximate surface area is 197 Å². The maximum Gasteiger partial charge on any atom is 0.416 e. The van der Waals surface area contributed by atoms with Gasteiger partial charge in [0.2, 0.25) is 0 Å². The molecule has 0 radical (unpaired) electrons. The summed E-state index contributed by atoms with van der Waals surface area (Å²) in [5, 5.41) is 0. The number of pyridine rings is 1. The van der Waals surface area contributed by atoms with E-state index >= 15 is 0 Å². The standard InChI is InChI=1S/C25H20F6N2O2/c1-15-5-2-3-6-19(15)22-21-20(7-8-32-22)35-10-4-9-33(23(21)34)14-16-11-17(24(26,27)28)13-18(12-16)25(29,30)31/h2-3,5-8,11-13H,4,9-10,14H2,1H3. The normalized spacial score (nSPS) is 14.7. The van der Waals surface area contributed by atoms with Gasteiger partial charge in [-0.25, -0.2) is 0 Å². The van der Waals surface area contributed by atoms with Gasteiger partial charge in [-0.3, -0.25) is 9.78 Å². The zero-order valence-corrected chi connectivity index (χ0v) is 18.5. The van der Waals surface area contributed by atoms with Crippen molar-refractivity contribution in [3.05, 3.63) is 82.5 Å². The van der Waals surface area contributed by atoms with Crippen molar-refractivity contribution < 1.29 is 35.9 Å². The largest absolute Gasteiger partial charge is 0.493 e. The summed E-state index contributed by atoms with van der Waals surface area (Å²) in [4.78, 5) is 19.2. The minimum absolute atomic E-state index is 0.0716. The van der Waals surface area contributed by atoms with Crippen LogP contribution in [0.3, 0.4) is 0 Å². The first-order valence-corrected chi connectivity index (χ1v) is 10.7. The quantitative estimate of drug-likeness (QED) is 0.390. The summed E-state index contributed by atoms with van der Waals surface area (Å²) in [7, 11) is 0. The number of hydrogen-bond acceptors (Lipinski definition) is 3. The highest BCUT2D eigenvalue weighted by Gasteiger charge is 2.37. The molecule has 0 N–H and O–H groups in total. The molecule has 1 aliphatic rings. The highest BCUT2D eigenvalue weighted by molar-refractivity contribution is 6.02. The van der Waals surface area contributed by atoms with E-state index in [1.54, 1.807) is 12.1 Å². The lowest BCUT2D eigenvalue weighted by atomic mass is 9.99. The second-order valence-corrected chi connectivity index (χ2v) is 8.19. The fraction of sp³-hybridized carbons (Fsp3) is 0.280. The van der Waals surface area contributed by atoms with Gasteiger partial charge in [0.15, 0.2) is 0 Å². The van der Waals surface area contributed by atoms with Crippen LogP contribution in [0.1, 0.15) is 39.0 Å². The molecule has 2 aromatic carbocycles. The highest BCUT2D eigenvalue weighted by Crippen LogP contribution is 2.37. The lowest BCUT2D eigenvalue weighted by molar-refractivity contribution is -0.143. The van der Waals surface area contributed by atoms with E-state index < -0.39 is 35.9 Å². The van der Waals surface area contributed by atoms with Crippen molar-refractivity contribution in [1.82, 2.24) is 9.88 Å². The fourth-order valence-corrected chi connectivity index (χ4v) is 3.99. The Balaban J connectivity index is 1.78. The van der Waals surface area contributed by atoms with Crippen LogP contribution >= 0.6 is 0 Å². The third kappa shape index (κ3) is 5.26. The molecule has 184 valence electrons. The molecule has 0 unspecified atom stereocenters. The van der Waals surface area contributed by atoms with Crippen molar-refractivity contribution in [2.75, 3.05) is 13.2 Å². The molecule has 10 heteroatoms. The molecule has 1 aliphatic heterocycles. The zero-order chi connectivity index (χ0) is 25.4. The second-order valence-electron chi connectivity index (χ2n) is 8.19. The molecule has 0 fully saturated rings. The molecular weight excluding hydrogens is 474 g/mol. The predicted octanol–water partition coefficient (Wildman–Crippen LogP) is 6.52. The summed E-state index contributed by atoms with van der Waals surface area (Å²) >= 11 is 0. The molecule has 0 saturated carbocycles. The number of aryl methyl sites for hydroxylation is 1. The van der Waals surface area contributed by atoms with Crippen LogP contribution in [-0.4, -0.2) is 28.9 Å². The zero-order valence-electron chi connectivity index (χ0n) is 18.5. The third-order valence-corrected chi connectivity index (χ3v) is 5.66. The second kappa shape index (κ2) is 9.24. The summed E-state index contributed by atoms with van der Waals surface area (Å²) in [6, 6.07) is 10.1. The van der Waals surface area contributed by atoms with Crippen LogP contribution in [0.4, 0.5) is 26.3 Å². The minimum atomic E-state index is -4.97. The molecule has 4 rings (SSSR count). The van der Waals surface area contributed by atoms with Gasteiger partial charge in [-0.1, -0.05) is 24.3 Å². The van der Waals surface area contributed by atoms with Gasteiger partial charge in [0.05, 0.1) is 23.4 Å². The van der Waals surface area contributed by atoms with Crippen molar-refractivity contribution in [1.29, 1.82) is 0 Å². The van der Waals surface area contributed by atoms with Crippen LogP contribution in [-0.2, 0) is 18.9 Å². The number of nitrogens with zero attached hydrogens (tertiary/aromatic N) is 2. The van der Waals surface area contributed by atoms with Crippen molar-refractivity contribution in [2.24, 2.45) is 0 Å². The number of carbonyl (C=O) groups is 1. The monoisotopic (exact) mass is 494 g/mol. The maximum absolute atomic E-state index is 13.6. The first-order chi connectivity index (χ1) is 16.4. The van der Waals surface area contributed by atoms with Gasteiger partial charge in [0.1, 0.15) is 11.3 Å². The predicted molar refractivity (Wildman–Crippen MR) is 116 cm³/mol. The van der Waals surface area contributed by atoms with Crippen LogP contribution in [0.15, 0.2) is 54.7 Å². The molecule has 1 aromatic heterocycles. The minimum Gasteiger partial charge on any atom is -0.493 e.